The van der Waals surface area contributed by atoms with Crippen LogP contribution in [-0.2, 0) is 4.79 Å². The van der Waals surface area contributed by atoms with Gasteiger partial charge < -0.3 is 10.1 Å². The standard InChI is InChI=1S/C16H20N4O2/c1-11(21)19-12-2-4-13(5-3-12)22-14-6-7-15(17-10-14)16-8-9-18-20-16/h6-10,12-13H,2-5H2,1H3,(H,18,20)(H,19,21)/t12-,13-. The van der Waals surface area contributed by atoms with Gasteiger partial charge in [0.1, 0.15) is 5.75 Å². The van der Waals surface area contributed by atoms with Crippen LogP contribution in [0.1, 0.15) is 32.6 Å². The molecular formula is C16H20N4O2. The molecule has 116 valence electrons. The number of nitrogens with one attached hydrogen (secondary N) is 2. The number of hydrogen-bond acceptors (Lipinski definition) is 4. The first-order valence-corrected chi connectivity index (χ1v) is 7.60. The summed E-state index contributed by atoms with van der Waals surface area (Å²) in [4.78, 5) is 15.4. The van der Waals surface area contributed by atoms with E-state index in [4.69, 9.17) is 4.74 Å². The maximum atomic E-state index is 11.1. The molecule has 0 unspecified atom stereocenters. The van der Waals surface area contributed by atoms with Crippen molar-refractivity contribution in [2.75, 3.05) is 0 Å². The van der Waals surface area contributed by atoms with Gasteiger partial charge in [-0.3, -0.25) is 14.9 Å². The minimum absolute atomic E-state index is 0.0444. The maximum Gasteiger partial charge on any atom is 0.217 e. The number of H-pyrrole nitrogens is 1. The zero-order valence-electron chi connectivity index (χ0n) is 12.6. The molecule has 2 aromatic rings. The van der Waals surface area contributed by atoms with Crippen LogP contribution in [0.25, 0.3) is 11.4 Å². The van der Waals surface area contributed by atoms with Crippen molar-refractivity contribution in [2.45, 2.75) is 44.8 Å². The Balaban J connectivity index is 1.53. The van der Waals surface area contributed by atoms with Gasteiger partial charge in [0.25, 0.3) is 0 Å². The average Bonchev–Trinajstić information content (AvgIpc) is 3.04. The smallest absolute Gasteiger partial charge is 0.217 e. The first-order valence-electron chi connectivity index (χ1n) is 7.60. The zero-order valence-corrected chi connectivity index (χ0v) is 12.6. The highest BCUT2D eigenvalue weighted by atomic mass is 16.5. The lowest BCUT2D eigenvalue weighted by Gasteiger charge is -2.29. The summed E-state index contributed by atoms with van der Waals surface area (Å²) in [5.41, 5.74) is 1.74. The summed E-state index contributed by atoms with van der Waals surface area (Å²) in [6.45, 7) is 1.56. The van der Waals surface area contributed by atoms with Gasteiger partial charge in [-0.05, 0) is 43.9 Å². The predicted molar refractivity (Wildman–Crippen MR) is 82.3 cm³/mol. The number of hydrogen-bond donors (Lipinski definition) is 2. The predicted octanol–water partition coefficient (Wildman–Crippen LogP) is 2.30. The van der Waals surface area contributed by atoms with Gasteiger partial charge in [0.15, 0.2) is 0 Å². The molecule has 0 bridgehead atoms. The molecular weight excluding hydrogens is 280 g/mol. The Morgan fingerprint density at radius 1 is 1.27 bits per heavy atom. The first kappa shape index (κ1) is 14.6. The Kier molecular flexibility index (Phi) is 4.37. The fourth-order valence-electron chi connectivity index (χ4n) is 2.81. The van der Waals surface area contributed by atoms with Gasteiger partial charge in [-0.2, -0.15) is 5.10 Å². The van der Waals surface area contributed by atoms with Crippen LogP contribution in [0.3, 0.4) is 0 Å². The first-order chi connectivity index (χ1) is 10.7. The second-order valence-electron chi connectivity index (χ2n) is 5.64. The topological polar surface area (TPSA) is 79.9 Å². The minimum atomic E-state index is 0.0444. The van der Waals surface area contributed by atoms with Gasteiger partial charge >= 0.3 is 0 Å². The fourth-order valence-corrected chi connectivity index (χ4v) is 2.81. The van der Waals surface area contributed by atoms with Crippen molar-refractivity contribution in [1.29, 1.82) is 0 Å². The highest BCUT2D eigenvalue weighted by molar-refractivity contribution is 5.73. The third-order valence-corrected chi connectivity index (χ3v) is 3.90. The summed E-state index contributed by atoms with van der Waals surface area (Å²) in [6, 6.07) is 6.03. The molecule has 0 saturated heterocycles. The van der Waals surface area contributed by atoms with Crippen molar-refractivity contribution < 1.29 is 9.53 Å². The van der Waals surface area contributed by atoms with E-state index in [0.29, 0.717) is 6.04 Å². The van der Waals surface area contributed by atoms with Gasteiger partial charge in [-0.25, -0.2) is 0 Å². The van der Waals surface area contributed by atoms with Crippen LogP contribution in [0, 0.1) is 0 Å². The largest absolute Gasteiger partial charge is 0.489 e. The van der Waals surface area contributed by atoms with E-state index in [-0.39, 0.29) is 12.0 Å². The van der Waals surface area contributed by atoms with Gasteiger partial charge in [0.05, 0.1) is 23.7 Å². The molecule has 6 nitrogen and oxygen atoms in total. The summed E-state index contributed by atoms with van der Waals surface area (Å²) >= 11 is 0. The minimum Gasteiger partial charge on any atom is -0.489 e. The Hall–Kier alpha value is -2.37. The number of amides is 1. The number of carbonyl (C=O) groups excluding carboxylic acids is 1. The summed E-state index contributed by atoms with van der Waals surface area (Å²) in [7, 11) is 0. The van der Waals surface area contributed by atoms with E-state index in [9.17, 15) is 4.79 Å². The summed E-state index contributed by atoms with van der Waals surface area (Å²) in [5, 5.41) is 9.78. The van der Waals surface area contributed by atoms with Crippen LogP contribution in [-0.4, -0.2) is 33.2 Å². The van der Waals surface area contributed by atoms with E-state index in [2.05, 4.69) is 20.5 Å². The van der Waals surface area contributed by atoms with Crippen LogP contribution in [0.2, 0.25) is 0 Å². The summed E-state index contributed by atoms with van der Waals surface area (Å²) < 4.78 is 5.98. The van der Waals surface area contributed by atoms with Crippen molar-refractivity contribution in [2.24, 2.45) is 0 Å². The molecule has 0 aliphatic heterocycles. The maximum absolute atomic E-state index is 11.1. The molecule has 1 aliphatic rings. The van der Waals surface area contributed by atoms with Crippen LogP contribution in [0.4, 0.5) is 0 Å². The molecule has 0 radical (unpaired) electrons. The van der Waals surface area contributed by atoms with Crippen LogP contribution in [0.5, 0.6) is 5.75 Å². The zero-order chi connectivity index (χ0) is 15.4. The van der Waals surface area contributed by atoms with Crippen LogP contribution >= 0.6 is 0 Å². The van der Waals surface area contributed by atoms with Crippen molar-refractivity contribution in [3.05, 3.63) is 30.6 Å². The fraction of sp³-hybridized carbons (Fsp3) is 0.438. The van der Waals surface area contributed by atoms with Gasteiger partial charge in [-0.1, -0.05) is 0 Å². The Morgan fingerprint density at radius 3 is 2.68 bits per heavy atom. The lowest BCUT2D eigenvalue weighted by Crippen LogP contribution is -2.38. The quantitative estimate of drug-likeness (QED) is 0.908. The Morgan fingerprint density at radius 2 is 2.09 bits per heavy atom. The molecule has 1 amide bonds. The van der Waals surface area contributed by atoms with E-state index in [0.717, 1.165) is 42.8 Å². The monoisotopic (exact) mass is 300 g/mol. The Labute approximate surface area is 129 Å². The highest BCUT2D eigenvalue weighted by Gasteiger charge is 2.22. The highest BCUT2D eigenvalue weighted by Crippen LogP contribution is 2.24. The second kappa shape index (κ2) is 6.60. The summed E-state index contributed by atoms with van der Waals surface area (Å²) in [6.07, 6.45) is 7.48. The van der Waals surface area contributed by atoms with Crippen molar-refractivity contribution in [3.8, 4) is 17.1 Å². The number of aromatic nitrogens is 3. The van der Waals surface area contributed by atoms with E-state index >= 15 is 0 Å². The molecule has 0 aromatic carbocycles. The molecule has 0 spiro atoms. The SMILES string of the molecule is CC(=O)N[C@H]1CC[C@H](Oc2ccc(-c3ccn[nH]3)nc2)CC1. The molecule has 1 fully saturated rings. The van der Waals surface area contributed by atoms with Gasteiger partial charge in [0, 0.05) is 19.2 Å². The van der Waals surface area contributed by atoms with Gasteiger partial charge in [-0.15, -0.1) is 0 Å². The normalized spacial score (nSPS) is 21.3. The lowest BCUT2D eigenvalue weighted by molar-refractivity contribution is -0.120. The average molecular weight is 300 g/mol. The molecule has 2 heterocycles. The number of pyridine rings is 1. The molecule has 1 aliphatic carbocycles. The molecule has 1 saturated carbocycles. The molecule has 6 heteroatoms. The van der Waals surface area contributed by atoms with E-state index < -0.39 is 0 Å². The second-order valence-corrected chi connectivity index (χ2v) is 5.64. The molecule has 2 aromatic heterocycles. The Bertz CT molecular complexity index is 602. The lowest BCUT2D eigenvalue weighted by atomic mass is 9.93. The van der Waals surface area contributed by atoms with Crippen LogP contribution < -0.4 is 10.1 Å². The van der Waals surface area contributed by atoms with Crippen molar-refractivity contribution in [1.82, 2.24) is 20.5 Å². The number of carbonyl (C=O) groups is 1. The van der Waals surface area contributed by atoms with E-state index in [1.807, 2.05) is 18.2 Å². The van der Waals surface area contributed by atoms with Gasteiger partial charge in [0.2, 0.25) is 5.91 Å². The van der Waals surface area contributed by atoms with Crippen molar-refractivity contribution in [3.63, 3.8) is 0 Å². The summed E-state index contributed by atoms with van der Waals surface area (Å²) in [5.74, 6) is 0.828. The molecule has 0 atom stereocenters. The number of rotatable bonds is 4. The van der Waals surface area contributed by atoms with Crippen LogP contribution in [0.15, 0.2) is 30.6 Å². The number of nitrogens with zero attached hydrogens (tertiary/aromatic N) is 2. The number of aromatic amines is 1. The van der Waals surface area contributed by atoms with E-state index in [1.54, 1.807) is 19.3 Å². The molecule has 2 N–H and O–H groups in total. The molecule has 3 rings (SSSR count). The van der Waals surface area contributed by atoms with E-state index in [1.165, 1.54) is 0 Å². The van der Waals surface area contributed by atoms with Crippen molar-refractivity contribution >= 4 is 5.91 Å². The number of ether oxygens (including phenoxy) is 1. The third kappa shape index (κ3) is 3.63. The molecule has 22 heavy (non-hydrogen) atoms. The third-order valence-electron chi connectivity index (χ3n) is 3.90.